The summed E-state index contributed by atoms with van der Waals surface area (Å²) in [5, 5.41) is 13.6. The Hall–Kier alpha value is -2.62. The Morgan fingerprint density at radius 2 is 2.08 bits per heavy atom. The number of amides is 1. The molecule has 2 aromatic carbocycles. The smallest absolute Gasteiger partial charge is 0.230 e. The molecule has 1 amide bonds. The van der Waals surface area contributed by atoms with Crippen molar-refractivity contribution in [3.05, 3.63) is 76.3 Å². The van der Waals surface area contributed by atoms with E-state index in [1.54, 1.807) is 47.4 Å². The predicted octanol–water partition coefficient (Wildman–Crippen LogP) is 4.80. The molecule has 0 atom stereocenters. The first-order valence-corrected chi connectivity index (χ1v) is 9.91. The van der Waals surface area contributed by atoms with Gasteiger partial charge in [0.1, 0.15) is 4.34 Å². The first kappa shape index (κ1) is 18.2. The Kier molecular flexibility index (Phi) is 6.05. The maximum absolute atomic E-state index is 12.2. The maximum Gasteiger partial charge on any atom is 0.230 e. The van der Waals surface area contributed by atoms with Gasteiger partial charge in [-0.1, -0.05) is 47.7 Å². The number of nitriles is 1. The van der Waals surface area contributed by atoms with Gasteiger partial charge in [0.25, 0.3) is 0 Å². The van der Waals surface area contributed by atoms with Crippen molar-refractivity contribution in [2.24, 2.45) is 0 Å². The Bertz CT molecular complexity index is 942. The van der Waals surface area contributed by atoms with Crippen LogP contribution in [0.4, 0.5) is 5.69 Å². The number of aryl methyl sites for hydroxylation is 1. The number of carbonyl (C=O) groups excluding carboxylic acids is 1. The van der Waals surface area contributed by atoms with Crippen LogP contribution in [0.1, 0.15) is 22.4 Å². The van der Waals surface area contributed by atoms with E-state index in [9.17, 15) is 4.79 Å². The predicted molar refractivity (Wildman–Crippen MR) is 106 cm³/mol. The second-order valence-corrected chi connectivity index (χ2v) is 7.88. The first-order chi connectivity index (χ1) is 12.6. The Balaban J connectivity index is 1.53. The third-order valence-electron chi connectivity index (χ3n) is 3.63. The number of aromatic nitrogens is 1. The third-order valence-corrected chi connectivity index (χ3v) is 5.77. The van der Waals surface area contributed by atoms with Crippen LogP contribution in [0.25, 0.3) is 0 Å². The number of thioether (sulfide) groups is 1. The van der Waals surface area contributed by atoms with Crippen LogP contribution in [0, 0.1) is 18.3 Å². The van der Waals surface area contributed by atoms with Gasteiger partial charge in [-0.15, -0.1) is 11.3 Å². The molecule has 0 radical (unpaired) electrons. The van der Waals surface area contributed by atoms with Crippen molar-refractivity contribution in [1.82, 2.24) is 4.98 Å². The lowest BCUT2D eigenvalue weighted by Crippen LogP contribution is -2.14. The standard InChI is InChI=1S/C20H17N3OS2/c1-14-5-7-15(8-6-14)12-25-20-23-18(13-26-20)10-19(24)22-17-4-2-3-16(9-17)11-21/h2-9,13H,10,12H2,1H3,(H,22,24). The van der Waals surface area contributed by atoms with Gasteiger partial charge in [-0.3, -0.25) is 4.79 Å². The molecule has 0 saturated heterocycles. The average molecular weight is 380 g/mol. The average Bonchev–Trinajstić information content (AvgIpc) is 3.08. The van der Waals surface area contributed by atoms with E-state index < -0.39 is 0 Å². The molecule has 3 rings (SSSR count). The fourth-order valence-corrected chi connectivity index (χ4v) is 4.10. The Morgan fingerprint density at radius 3 is 2.85 bits per heavy atom. The molecule has 0 spiro atoms. The summed E-state index contributed by atoms with van der Waals surface area (Å²) in [5.74, 6) is 0.723. The summed E-state index contributed by atoms with van der Waals surface area (Å²) < 4.78 is 0.958. The molecule has 0 bridgehead atoms. The van der Waals surface area contributed by atoms with E-state index in [4.69, 9.17) is 5.26 Å². The van der Waals surface area contributed by atoms with Gasteiger partial charge in [0.05, 0.1) is 23.7 Å². The van der Waals surface area contributed by atoms with Gasteiger partial charge in [0, 0.05) is 16.8 Å². The van der Waals surface area contributed by atoms with Crippen LogP contribution in [-0.4, -0.2) is 10.9 Å². The Morgan fingerprint density at radius 1 is 1.27 bits per heavy atom. The van der Waals surface area contributed by atoms with Gasteiger partial charge in [-0.05, 0) is 30.7 Å². The lowest BCUT2D eigenvalue weighted by Gasteiger charge is -2.04. The summed E-state index contributed by atoms with van der Waals surface area (Å²) in [7, 11) is 0. The van der Waals surface area contributed by atoms with E-state index >= 15 is 0 Å². The van der Waals surface area contributed by atoms with Crippen molar-refractivity contribution in [3.8, 4) is 6.07 Å². The topological polar surface area (TPSA) is 65.8 Å². The number of hydrogen-bond acceptors (Lipinski definition) is 5. The molecule has 0 aliphatic heterocycles. The first-order valence-electron chi connectivity index (χ1n) is 8.05. The Labute approximate surface area is 160 Å². The minimum Gasteiger partial charge on any atom is -0.326 e. The minimum atomic E-state index is -0.138. The van der Waals surface area contributed by atoms with E-state index in [1.165, 1.54) is 11.1 Å². The maximum atomic E-state index is 12.2. The number of carbonyl (C=O) groups is 1. The molecule has 1 aromatic heterocycles. The minimum absolute atomic E-state index is 0.138. The van der Waals surface area contributed by atoms with E-state index in [0.717, 1.165) is 15.8 Å². The van der Waals surface area contributed by atoms with E-state index in [-0.39, 0.29) is 12.3 Å². The van der Waals surface area contributed by atoms with Crippen LogP contribution in [0.5, 0.6) is 0 Å². The number of thiazole rings is 1. The van der Waals surface area contributed by atoms with Crippen LogP contribution in [0.15, 0.2) is 58.3 Å². The van der Waals surface area contributed by atoms with E-state index in [2.05, 4.69) is 47.6 Å². The number of hydrogen-bond donors (Lipinski definition) is 1. The van der Waals surface area contributed by atoms with Crippen molar-refractivity contribution in [2.75, 3.05) is 5.32 Å². The van der Waals surface area contributed by atoms with Gasteiger partial charge in [-0.2, -0.15) is 5.26 Å². The molecule has 4 nitrogen and oxygen atoms in total. The lowest BCUT2D eigenvalue weighted by molar-refractivity contribution is -0.115. The molecule has 1 heterocycles. The molecule has 0 fully saturated rings. The number of benzene rings is 2. The van der Waals surface area contributed by atoms with Crippen LogP contribution in [0.2, 0.25) is 0 Å². The highest BCUT2D eigenvalue weighted by atomic mass is 32.2. The van der Waals surface area contributed by atoms with Crippen LogP contribution < -0.4 is 5.32 Å². The molecule has 3 aromatic rings. The van der Waals surface area contributed by atoms with Crippen LogP contribution >= 0.6 is 23.1 Å². The van der Waals surface area contributed by atoms with Gasteiger partial charge in [0.15, 0.2) is 0 Å². The zero-order valence-corrected chi connectivity index (χ0v) is 15.9. The molecule has 1 N–H and O–H groups in total. The molecule has 0 unspecified atom stereocenters. The summed E-state index contributed by atoms with van der Waals surface area (Å²) >= 11 is 3.23. The number of nitrogens with zero attached hydrogens (tertiary/aromatic N) is 2. The van der Waals surface area contributed by atoms with Gasteiger partial charge >= 0.3 is 0 Å². The fourth-order valence-electron chi connectivity index (χ4n) is 2.30. The number of anilines is 1. The van der Waals surface area contributed by atoms with Crippen molar-refractivity contribution >= 4 is 34.7 Å². The highest BCUT2D eigenvalue weighted by molar-refractivity contribution is 8.00. The van der Waals surface area contributed by atoms with Crippen molar-refractivity contribution in [2.45, 2.75) is 23.4 Å². The largest absolute Gasteiger partial charge is 0.326 e. The van der Waals surface area contributed by atoms with Crippen LogP contribution in [-0.2, 0) is 17.0 Å². The fraction of sp³-hybridized carbons (Fsp3) is 0.150. The summed E-state index contributed by atoms with van der Waals surface area (Å²) in [6.45, 7) is 2.08. The number of rotatable bonds is 6. The second-order valence-electron chi connectivity index (χ2n) is 5.80. The quantitative estimate of drug-likeness (QED) is 0.625. The van der Waals surface area contributed by atoms with Crippen molar-refractivity contribution < 1.29 is 4.79 Å². The summed E-state index contributed by atoms with van der Waals surface area (Å²) in [4.78, 5) is 16.7. The molecule has 130 valence electrons. The van der Waals surface area contributed by atoms with Gasteiger partial charge in [0.2, 0.25) is 5.91 Å². The zero-order chi connectivity index (χ0) is 18.4. The van der Waals surface area contributed by atoms with Gasteiger partial charge < -0.3 is 5.32 Å². The normalized spacial score (nSPS) is 10.3. The molecule has 0 saturated carbocycles. The highest BCUT2D eigenvalue weighted by Gasteiger charge is 2.09. The summed E-state index contributed by atoms with van der Waals surface area (Å²) in [5.41, 5.74) is 4.41. The summed E-state index contributed by atoms with van der Waals surface area (Å²) in [6.07, 6.45) is 0.221. The van der Waals surface area contributed by atoms with Crippen molar-refractivity contribution in [3.63, 3.8) is 0 Å². The van der Waals surface area contributed by atoms with Crippen LogP contribution in [0.3, 0.4) is 0 Å². The monoisotopic (exact) mass is 379 g/mol. The van der Waals surface area contributed by atoms with Crippen molar-refractivity contribution in [1.29, 1.82) is 5.26 Å². The lowest BCUT2D eigenvalue weighted by atomic mass is 10.2. The summed E-state index contributed by atoms with van der Waals surface area (Å²) in [6, 6.07) is 17.4. The molecule has 6 heteroatoms. The number of nitrogens with one attached hydrogen (secondary N) is 1. The third kappa shape index (κ3) is 5.19. The second kappa shape index (κ2) is 8.65. The molecule has 0 aliphatic carbocycles. The molecule has 0 aliphatic rings. The SMILES string of the molecule is Cc1ccc(CSc2nc(CC(=O)Nc3cccc(C#N)c3)cs2)cc1. The molecule has 26 heavy (non-hydrogen) atoms. The zero-order valence-electron chi connectivity index (χ0n) is 14.2. The van der Waals surface area contributed by atoms with E-state index in [1.807, 2.05) is 5.38 Å². The van der Waals surface area contributed by atoms with Gasteiger partial charge in [-0.25, -0.2) is 4.98 Å². The molecular formula is C20H17N3OS2. The molecular weight excluding hydrogens is 362 g/mol. The van der Waals surface area contributed by atoms with E-state index in [0.29, 0.717) is 11.3 Å². The highest BCUT2D eigenvalue weighted by Crippen LogP contribution is 2.26.